The number of aryl methyl sites for hydroxylation is 1. The highest BCUT2D eigenvalue weighted by molar-refractivity contribution is 6.09. The van der Waals surface area contributed by atoms with Crippen molar-refractivity contribution < 1.29 is 30.0 Å². The predicted octanol–water partition coefficient (Wildman–Crippen LogP) is 1.38. The molecule has 196 valence electrons. The summed E-state index contributed by atoms with van der Waals surface area (Å²) in [5.41, 5.74) is 3.11. The molecule has 3 aromatic rings. The van der Waals surface area contributed by atoms with Crippen molar-refractivity contribution in [1.29, 1.82) is 0 Å². The largest absolute Gasteiger partial charge is 0.491 e. The van der Waals surface area contributed by atoms with Gasteiger partial charge in [0.05, 0.1) is 36.4 Å². The summed E-state index contributed by atoms with van der Waals surface area (Å²) in [7, 11) is 1.77. The fraction of sp³-hybridized carbons (Fsp3) is 0.444. The average Bonchev–Trinajstić information content (AvgIpc) is 3.18. The van der Waals surface area contributed by atoms with Crippen molar-refractivity contribution in [3.8, 4) is 11.4 Å². The number of hydrogen-bond acceptors (Lipinski definition) is 7. The normalized spacial score (nSPS) is 12.7. The minimum Gasteiger partial charge on any atom is -0.491 e. The number of aromatic nitrogens is 1. The van der Waals surface area contributed by atoms with Crippen LogP contribution in [0.5, 0.6) is 5.75 Å². The first kappa shape index (κ1) is 27.6. The van der Waals surface area contributed by atoms with E-state index in [9.17, 15) is 25.2 Å². The number of carbonyl (C=O) groups excluding carboxylic acids is 1. The monoisotopic (exact) mass is 499 g/mol. The summed E-state index contributed by atoms with van der Waals surface area (Å²) in [6, 6.07) is 13.5. The molecule has 5 N–H and O–H groups in total. The number of aliphatic hydroxyl groups is 4. The number of nitrogens with zero attached hydrogens (tertiary/aromatic N) is 2. The van der Waals surface area contributed by atoms with E-state index < -0.39 is 31.5 Å². The predicted molar refractivity (Wildman–Crippen MR) is 139 cm³/mol. The number of aliphatic hydroxyl groups excluding tert-OH is 4. The standard InChI is InChI=1S/C27H37N3O6/c1-5-29(4)26(35)25-19(3)30(23-9-7-6-8-18(23)2)24-11-10-21(12-22(24)25)36-14-20(34)13-28-27(15-31,16-32)17-33/h6-12,20,28,31-34H,5,13-17H2,1-4H3. The molecule has 2 aromatic carbocycles. The van der Waals surface area contributed by atoms with E-state index in [1.807, 2.05) is 57.2 Å². The van der Waals surface area contributed by atoms with Gasteiger partial charge in [-0.05, 0) is 50.6 Å². The van der Waals surface area contributed by atoms with Crippen LogP contribution in [0, 0.1) is 13.8 Å². The van der Waals surface area contributed by atoms with Crippen LogP contribution in [0.15, 0.2) is 42.5 Å². The fourth-order valence-electron chi connectivity index (χ4n) is 4.12. The van der Waals surface area contributed by atoms with Crippen LogP contribution in [-0.4, -0.2) is 94.0 Å². The molecule has 1 atom stereocenters. The molecule has 9 nitrogen and oxygen atoms in total. The second kappa shape index (κ2) is 11.9. The highest BCUT2D eigenvalue weighted by Gasteiger charge is 2.28. The zero-order valence-electron chi connectivity index (χ0n) is 21.4. The number of benzene rings is 2. The van der Waals surface area contributed by atoms with E-state index in [4.69, 9.17) is 4.74 Å². The second-order valence-electron chi connectivity index (χ2n) is 9.18. The quantitative estimate of drug-likeness (QED) is 0.255. The molecule has 0 spiro atoms. The van der Waals surface area contributed by atoms with Crippen molar-refractivity contribution in [3.63, 3.8) is 0 Å². The summed E-state index contributed by atoms with van der Waals surface area (Å²) >= 11 is 0. The lowest BCUT2D eigenvalue weighted by molar-refractivity contribution is 0.0261. The lowest BCUT2D eigenvalue weighted by atomic mass is 10.0. The summed E-state index contributed by atoms with van der Waals surface area (Å²) < 4.78 is 7.92. The maximum Gasteiger partial charge on any atom is 0.256 e. The number of β-amino-alcohol motifs (C(OH)–C–C–N with tert-alkyl or cyclic N) is 1. The maximum absolute atomic E-state index is 13.3. The zero-order chi connectivity index (χ0) is 26.5. The maximum atomic E-state index is 13.3. The van der Waals surface area contributed by atoms with Gasteiger partial charge >= 0.3 is 0 Å². The highest BCUT2D eigenvalue weighted by atomic mass is 16.5. The molecule has 1 amide bonds. The van der Waals surface area contributed by atoms with E-state index >= 15 is 0 Å². The average molecular weight is 500 g/mol. The lowest BCUT2D eigenvalue weighted by Crippen LogP contribution is -2.57. The van der Waals surface area contributed by atoms with E-state index in [0.717, 1.165) is 27.8 Å². The Morgan fingerprint density at radius 1 is 1.11 bits per heavy atom. The Morgan fingerprint density at radius 3 is 2.39 bits per heavy atom. The third-order valence-corrected chi connectivity index (χ3v) is 6.63. The van der Waals surface area contributed by atoms with Gasteiger partial charge in [0, 0.05) is 36.9 Å². The molecule has 0 aliphatic rings. The molecule has 0 aliphatic heterocycles. The Balaban J connectivity index is 1.93. The first-order valence-electron chi connectivity index (χ1n) is 12.1. The van der Waals surface area contributed by atoms with Gasteiger partial charge in [0.1, 0.15) is 18.5 Å². The van der Waals surface area contributed by atoms with Gasteiger partial charge in [-0.1, -0.05) is 18.2 Å². The van der Waals surface area contributed by atoms with Crippen LogP contribution >= 0.6 is 0 Å². The van der Waals surface area contributed by atoms with Crippen LogP contribution in [-0.2, 0) is 0 Å². The number of fused-ring (bicyclic) bond motifs is 1. The molecule has 0 bridgehead atoms. The van der Waals surface area contributed by atoms with Crippen molar-refractivity contribution in [3.05, 3.63) is 59.3 Å². The van der Waals surface area contributed by atoms with Crippen molar-refractivity contribution in [1.82, 2.24) is 14.8 Å². The molecule has 1 unspecified atom stereocenters. The summed E-state index contributed by atoms with van der Waals surface area (Å²) in [6.07, 6.45) is -0.963. The lowest BCUT2D eigenvalue weighted by Gasteiger charge is -2.29. The number of nitrogens with one attached hydrogen (secondary N) is 1. The molecule has 0 saturated carbocycles. The van der Waals surface area contributed by atoms with Crippen molar-refractivity contribution in [2.24, 2.45) is 0 Å². The zero-order valence-corrected chi connectivity index (χ0v) is 21.4. The summed E-state index contributed by atoms with van der Waals surface area (Å²) in [5, 5.41) is 42.2. The summed E-state index contributed by atoms with van der Waals surface area (Å²) in [4.78, 5) is 15.0. The second-order valence-corrected chi connectivity index (χ2v) is 9.18. The molecule has 36 heavy (non-hydrogen) atoms. The highest BCUT2D eigenvalue weighted by Crippen LogP contribution is 2.33. The number of carbonyl (C=O) groups is 1. The minimum atomic E-state index is -1.28. The van der Waals surface area contributed by atoms with Crippen LogP contribution in [0.3, 0.4) is 0 Å². The Labute approximate surface area is 211 Å². The van der Waals surface area contributed by atoms with Gasteiger partial charge in [0.2, 0.25) is 0 Å². The van der Waals surface area contributed by atoms with Gasteiger partial charge in [-0.15, -0.1) is 0 Å². The van der Waals surface area contributed by atoms with Gasteiger partial charge in [0.25, 0.3) is 5.91 Å². The molecular formula is C27H37N3O6. The molecule has 0 aliphatic carbocycles. The molecule has 3 rings (SSSR count). The van der Waals surface area contributed by atoms with Crippen LogP contribution in [0.1, 0.15) is 28.5 Å². The summed E-state index contributed by atoms with van der Waals surface area (Å²) in [6.45, 7) is 4.96. The van der Waals surface area contributed by atoms with Gasteiger partial charge in [-0.25, -0.2) is 0 Å². The van der Waals surface area contributed by atoms with E-state index in [-0.39, 0.29) is 19.1 Å². The number of para-hydroxylation sites is 1. The minimum absolute atomic E-state index is 0.00226. The molecule has 9 heteroatoms. The van der Waals surface area contributed by atoms with Crippen molar-refractivity contribution in [2.45, 2.75) is 32.4 Å². The Hall–Kier alpha value is -2.95. The van der Waals surface area contributed by atoms with Crippen molar-refractivity contribution >= 4 is 16.8 Å². The van der Waals surface area contributed by atoms with E-state index in [1.165, 1.54) is 0 Å². The Morgan fingerprint density at radius 2 is 1.78 bits per heavy atom. The topological polar surface area (TPSA) is 127 Å². The molecule has 1 aromatic heterocycles. The molecular weight excluding hydrogens is 462 g/mol. The molecule has 0 saturated heterocycles. The Kier molecular flexibility index (Phi) is 9.10. The van der Waals surface area contributed by atoms with Gasteiger partial charge in [0.15, 0.2) is 0 Å². The fourth-order valence-corrected chi connectivity index (χ4v) is 4.12. The number of ether oxygens (including phenoxy) is 1. The first-order valence-corrected chi connectivity index (χ1v) is 12.1. The number of rotatable bonds is 12. The number of hydrogen-bond donors (Lipinski definition) is 5. The van der Waals surface area contributed by atoms with E-state index in [2.05, 4.69) is 9.88 Å². The molecule has 0 radical (unpaired) electrons. The van der Waals surface area contributed by atoms with E-state index in [1.54, 1.807) is 18.0 Å². The van der Waals surface area contributed by atoms with Gasteiger partial charge in [-0.2, -0.15) is 0 Å². The SMILES string of the molecule is CCN(C)C(=O)c1c(C)n(-c2ccccc2C)c2ccc(OCC(O)CNC(CO)(CO)CO)cc12. The molecule has 0 fully saturated rings. The van der Waals surface area contributed by atoms with Crippen LogP contribution in [0.2, 0.25) is 0 Å². The van der Waals surface area contributed by atoms with Crippen molar-refractivity contribution in [2.75, 3.05) is 46.6 Å². The van der Waals surface area contributed by atoms with Crippen LogP contribution in [0.4, 0.5) is 0 Å². The van der Waals surface area contributed by atoms with Crippen LogP contribution in [0.25, 0.3) is 16.6 Å². The smallest absolute Gasteiger partial charge is 0.256 e. The Bertz CT molecular complexity index is 1180. The van der Waals surface area contributed by atoms with Crippen LogP contribution < -0.4 is 10.1 Å². The van der Waals surface area contributed by atoms with Gasteiger partial charge in [-0.3, -0.25) is 4.79 Å². The van der Waals surface area contributed by atoms with Gasteiger partial charge < -0.3 is 39.9 Å². The summed E-state index contributed by atoms with van der Waals surface area (Å²) in [5.74, 6) is 0.413. The third-order valence-electron chi connectivity index (χ3n) is 6.63. The third kappa shape index (κ3) is 5.55. The number of amides is 1. The first-order chi connectivity index (χ1) is 17.2. The molecule has 1 heterocycles. The van der Waals surface area contributed by atoms with E-state index in [0.29, 0.717) is 17.9 Å².